The molecular formula is C26H44N2O19. The lowest BCUT2D eigenvalue weighted by atomic mass is 9.88. The second-order valence-electron chi connectivity index (χ2n) is 11.4. The highest BCUT2D eigenvalue weighted by atomic mass is 16.8. The van der Waals surface area contributed by atoms with Gasteiger partial charge in [-0.2, -0.15) is 0 Å². The Morgan fingerprint density at radius 3 is 1.94 bits per heavy atom. The highest BCUT2D eigenvalue weighted by Crippen LogP contribution is 2.38. The van der Waals surface area contributed by atoms with Gasteiger partial charge in [0.05, 0.1) is 32.0 Å². The van der Waals surface area contributed by atoms with Crippen molar-refractivity contribution in [1.29, 1.82) is 0 Å². The molecule has 3 heterocycles. The number of rotatable bonds is 13. The van der Waals surface area contributed by atoms with Crippen LogP contribution in [-0.2, 0) is 42.8 Å². The highest BCUT2D eigenvalue weighted by Gasteiger charge is 2.60. The molecule has 3 aliphatic rings. The molecule has 21 nitrogen and oxygen atoms in total. The summed E-state index contributed by atoms with van der Waals surface area (Å²) in [6.45, 7) is -0.596. The van der Waals surface area contributed by atoms with Gasteiger partial charge in [0.2, 0.25) is 11.8 Å². The Morgan fingerprint density at radius 2 is 1.43 bits per heavy atom. The van der Waals surface area contributed by atoms with Crippen molar-refractivity contribution < 1.29 is 93.9 Å². The Hall–Kier alpha value is -2.19. The number of hydrogen-bond donors (Lipinski definition) is 12. The van der Waals surface area contributed by atoms with Crippen LogP contribution in [0.1, 0.15) is 20.3 Å². The Morgan fingerprint density at radius 1 is 0.851 bits per heavy atom. The smallest absolute Gasteiger partial charge is 0.364 e. The number of ether oxygens (including phenoxy) is 6. The van der Waals surface area contributed by atoms with Crippen molar-refractivity contribution in [1.82, 2.24) is 10.6 Å². The van der Waals surface area contributed by atoms with Gasteiger partial charge in [-0.1, -0.05) is 0 Å². The normalized spacial score (nSPS) is 42.3. The number of carboxylic acid groups (broad SMARTS) is 1. The van der Waals surface area contributed by atoms with E-state index in [1.54, 1.807) is 0 Å². The molecule has 0 aromatic heterocycles. The van der Waals surface area contributed by atoms with Crippen molar-refractivity contribution in [3.63, 3.8) is 0 Å². The first-order chi connectivity index (χ1) is 22.0. The molecule has 3 saturated heterocycles. The van der Waals surface area contributed by atoms with E-state index in [1.807, 2.05) is 0 Å². The number of carboxylic acids is 1. The molecule has 0 aromatic carbocycles. The topological polar surface area (TPSA) is 333 Å². The second kappa shape index (κ2) is 16.5. The van der Waals surface area contributed by atoms with E-state index in [1.165, 1.54) is 7.11 Å². The summed E-state index contributed by atoms with van der Waals surface area (Å²) in [5.41, 5.74) is 0. The third-order valence-corrected chi connectivity index (χ3v) is 8.08. The summed E-state index contributed by atoms with van der Waals surface area (Å²) < 4.78 is 33.1. The van der Waals surface area contributed by atoms with Crippen LogP contribution in [0.3, 0.4) is 0 Å². The molecule has 2 amide bonds. The summed E-state index contributed by atoms with van der Waals surface area (Å²) in [5, 5.41) is 109. The predicted octanol–water partition coefficient (Wildman–Crippen LogP) is -7.43. The Kier molecular flexibility index (Phi) is 13.8. The number of methoxy groups -OCH3 is 1. The SMILES string of the molecule is COC1OC(CO)C(OC2OC(CO)C(O)C(OC3(C(=O)O)CC(O)C(NC(C)=O)C([C@H](O)[C@H](O)CO)O3)C2O)C(O)C1NC(C)=O. The fraction of sp³-hybridized carbons (Fsp3) is 0.885. The second-order valence-corrected chi connectivity index (χ2v) is 11.4. The lowest BCUT2D eigenvalue weighted by Crippen LogP contribution is -2.71. The molecule has 0 saturated carbocycles. The van der Waals surface area contributed by atoms with Crippen LogP contribution in [0.2, 0.25) is 0 Å². The zero-order valence-corrected chi connectivity index (χ0v) is 25.6. The number of carbonyl (C=O) groups excluding carboxylic acids is 2. The van der Waals surface area contributed by atoms with E-state index in [0.29, 0.717) is 0 Å². The molecule has 272 valence electrons. The highest BCUT2D eigenvalue weighted by molar-refractivity contribution is 5.76. The van der Waals surface area contributed by atoms with Gasteiger partial charge in [-0.15, -0.1) is 0 Å². The average Bonchev–Trinajstić information content (AvgIpc) is 3.02. The zero-order chi connectivity index (χ0) is 35.4. The van der Waals surface area contributed by atoms with Crippen LogP contribution in [0, 0.1) is 0 Å². The van der Waals surface area contributed by atoms with E-state index in [9.17, 15) is 65.4 Å². The van der Waals surface area contributed by atoms with Crippen LogP contribution in [0.15, 0.2) is 0 Å². The van der Waals surface area contributed by atoms with E-state index in [2.05, 4.69) is 10.6 Å². The first kappa shape index (κ1) is 39.3. The van der Waals surface area contributed by atoms with Gasteiger partial charge < -0.3 is 90.1 Å². The quantitative estimate of drug-likeness (QED) is 0.0854. The van der Waals surface area contributed by atoms with Crippen LogP contribution >= 0.6 is 0 Å². The van der Waals surface area contributed by atoms with Gasteiger partial charge in [-0.3, -0.25) is 9.59 Å². The summed E-state index contributed by atoms with van der Waals surface area (Å²) in [5.74, 6) is -6.33. The van der Waals surface area contributed by atoms with Gasteiger partial charge in [-0.25, -0.2) is 4.79 Å². The van der Waals surface area contributed by atoms with Crippen LogP contribution in [0.4, 0.5) is 0 Å². The van der Waals surface area contributed by atoms with Gasteiger partial charge in [0.25, 0.3) is 5.79 Å². The van der Waals surface area contributed by atoms with Crippen LogP contribution in [-0.4, -0.2) is 193 Å². The number of amides is 2. The van der Waals surface area contributed by atoms with Gasteiger partial charge in [-0.05, 0) is 0 Å². The minimum Gasteiger partial charge on any atom is -0.477 e. The third-order valence-electron chi connectivity index (χ3n) is 8.08. The molecule has 16 atom stereocenters. The Balaban J connectivity index is 1.96. The molecular weight excluding hydrogens is 644 g/mol. The van der Waals surface area contributed by atoms with Gasteiger partial charge >= 0.3 is 5.97 Å². The lowest BCUT2D eigenvalue weighted by Gasteiger charge is -2.50. The molecule has 14 unspecified atom stereocenters. The molecule has 3 fully saturated rings. The lowest BCUT2D eigenvalue weighted by molar-refractivity contribution is -0.382. The predicted molar refractivity (Wildman–Crippen MR) is 146 cm³/mol. The summed E-state index contributed by atoms with van der Waals surface area (Å²) in [6, 6.07) is -2.81. The van der Waals surface area contributed by atoms with Crippen LogP contribution in [0.25, 0.3) is 0 Å². The maximum Gasteiger partial charge on any atom is 0.364 e. The summed E-state index contributed by atoms with van der Waals surface area (Å²) in [7, 11) is 1.21. The first-order valence-corrected chi connectivity index (χ1v) is 14.6. The van der Waals surface area contributed by atoms with Crippen molar-refractivity contribution in [2.75, 3.05) is 26.9 Å². The van der Waals surface area contributed by atoms with E-state index >= 15 is 0 Å². The number of hydrogen-bond acceptors (Lipinski definition) is 18. The monoisotopic (exact) mass is 688 g/mol. The largest absolute Gasteiger partial charge is 0.477 e. The molecule has 3 rings (SSSR count). The van der Waals surface area contributed by atoms with Crippen LogP contribution < -0.4 is 10.6 Å². The first-order valence-electron chi connectivity index (χ1n) is 14.6. The third kappa shape index (κ3) is 8.52. The van der Waals surface area contributed by atoms with E-state index in [4.69, 9.17) is 28.4 Å². The molecule has 0 spiro atoms. The maximum absolute atomic E-state index is 12.7. The minimum atomic E-state index is -3.02. The Labute approximate surface area is 267 Å². The van der Waals surface area contributed by atoms with Crippen molar-refractivity contribution >= 4 is 17.8 Å². The summed E-state index contributed by atoms with van der Waals surface area (Å²) >= 11 is 0. The fourth-order valence-electron chi connectivity index (χ4n) is 5.75. The molecule has 0 bridgehead atoms. The average molecular weight is 689 g/mol. The minimum absolute atomic E-state index is 0.601. The number of carbonyl (C=O) groups is 3. The number of aliphatic hydroxyl groups is 9. The van der Waals surface area contributed by atoms with Gasteiger partial charge in [0, 0.05) is 27.4 Å². The van der Waals surface area contributed by atoms with Crippen molar-refractivity contribution in [2.24, 2.45) is 0 Å². The zero-order valence-electron chi connectivity index (χ0n) is 25.6. The number of aliphatic carboxylic acids is 1. The molecule has 21 heteroatoms. The van der Waals surface area contributed by atoms with E-state index in [0.717, 1.165) is 13.8 Å². The van der Waals surface area contributed by atoms with Crippen molar-refractivity contribution in [3.05, 3.63) is 0 Å². The van der Waals surface area contributed by atoms with Crippen LogP contribution in [0.5, 0.6) is 0 Å². The van der Waals surface area contributed by atoms with E-state index in [-0.39, 0.29) is 0 Å². The number of nitrogens with one attached hydrogen (secondary N) is 2. The van der Waals surface area contributed by atoms with E-state index < -0.39 is 142 Å². The molecule has 0 radical (unpaired) electrons. The molecule has 47 heavy (non-hydrogen) atoms. The number of aliphatic hydroxyl groups excluding tert-OH is 9. The standard InChI is InChI=1S/C26H44N2O19/c1-8(32)27-14-10(34)4-26(25(40)41,46-21(14)16(36)11(35)5-29)47-22-17(37)12(6-30)43-24(19(22)39)45-20-13(7-31)44-23(42-3)15(18(20)38)28-9(2)33/h10-24,29-31,34-39H,4-7H2,1-3H3,(H,27,32)(H,28,33)(H,40,41)/t10?,11-,12?,13?,14?,15?,16-,17?,18?,19?,20?,21?,22?,23?,24?,26?/m1/s1. The molecule has 0 aliphatic carbocycles. The van der Waals surface area contributed by atoms with Gasteiger partial charge in [0.1, 0.15) is 67.1 Å². The Bertz CT molecular complexity index is 1070. The maximum atomic E-state index is 12.7. The molecule has 0 aromatic rings. The summed E-state index contributed by atoms with van der Waals surface area (Å²) in [6.07, 6.45) is -24.6. The molecule has 12 N–H and O–H groups in total. The summed E-state index contributed by atoms with van der Waals surface area (Å²) in [4.78, 5) is 36.2. The fourth-order valence-corrected chi connectivity index (χ4v) is 5.75. The van der Waals surface area contributed by atoms with Gasteiger partial charge in [0.15, 0.2) is 12.6 Å². The van der Waals surface area contributed by atoms with Crippen molar-refractivity contribution in [2.45, 2.75) is 118 Å². The molecule has 3 aliphatic heterocycles. The van der Waals surface area contributed by atoms with Crippen molar-refractivity contribution in [3.8, 4) is 0 Å².